The maximum Gasteiger partial charge on any atom is 0.226 e. The van der Waals surface area contributed by atoms with E-state index in [0.29, 0.717) is 5.82 Å². The maximum atomic E-state index is 13.6. The maximum absolute atomic E-state index is 13.6. The fraction of sp³-hybridized carbons (Fsp3) is 0.286. The Balaban J connectivity index is 2.24. The number of nitrogen functional groups attached to an aromatic ring is 1. The lowest BCUT2D eigenvalue weighted by atomic mass is 10.2. The van der Waals surface area contributed by atoms with Crippen LogP contribution in [0.2, 0.25) is 0 Å². The van der Waals surface area contributed by atoms with Gasteiger partial charge in [-0.1, -0.05) is 13.0 Å². The van der Waals surface area contributed by atoms with Crippen LogP contribution in [0.5, 0.6) is 11.6 Å². The molecule has 2 rings (SSSR count). The second kappa shape index (κ2) is 6.18. The zero-order chi connectivity index (χ0) is 14.5. The second-order valence-corrected chi connectivity index (χ2v) is 4.41. The van der Waals surface area contributed by atoms with Crippen molar-refractivity contribution in [2.45, 2.75) is 20.3 Å². The largest absolute Gasteiger partial charge is 0.436 e. The van der Waals surface area contributed by atoms with E-state index in [0.717, 1.165) is 18.5 Å². The number of anilines is 2. The molecule has 0 aliphatic heterocycles. The molecule has 1 heterocycles. The molecule has 0 aliphatic carbocycles. The molecule has 3 N–H and O–H groups in total. The van der Waals surface area contributed by atoms with E-state index >= 15 is 0 Å². The fourth-order valence-corrected chi connectivity index (χ4v) is 1.64. The van der Waals surface area contributed by atoms with Crippen LogP contribution < -0.4 is 15.8 Å². The number of nitrogens with two attached hydrogens (primary N) is 1. The number of aryl methyl sites for hydroxylation is 1. The molecule has 106 valence electrons. The standard InChI is InChI=1S/C14H17FN4O/c1-3-6-17-12-8-13(19-14(16)18-12)20-11-7-9(2)4-5-10(11)15/h4-5,7-8H,3,6H2,1-2H3,(H3,16,17,18,19). The number of hydrogen-bond acceptors (Lipinski definition) is 5. The number of rotatable bonds is 5. The first-order valence-corrected chi connectivity index (χ1v) is 6.41. The van der Waals surface area contributed by atoms with Crippen LogP contribution in [0.3, 0.4) is 0 Å². The SMILES string of the molecule is CCCNc1cc(Oc2cc(C)ccc2F)nc(N)n1. The molecule has 6 heteroatoms. The average Bonchev–Trinajstić information content (AvgIpc) is 2.40. The van der Waals surface area contributed by atoms with Crippen LogP contribution >= 0.6 is 0 Å². The van der Waals surface area contributed by atoms with E-state index in [9.17, 15) is 4.39 Å². The summed E-state index contributed by atoms with van der Waals surface area (Å²) in [6.45, 7) is 4.65. The first kappa shape index (κ1) is 14.0. The van der Waals surface area contributed by atoms with Crippen LogP contribution in [0, 0.1) is 12.7 Å². The van der Waals surface area contributed by atoms with Gasteiger partial charge < -0.3 is 15.8 Å². The predicted molar refractivity (Wildman–Crippen MR) is 76.4 cm³/mol. The van der Waals surface area contributed by atoms with Gasteiger partial charge in [-0.3, -0.25) is 0 Å². The first-order valence-electron chi connectivity index (χ1n) is 6.41. The van der Waals surface area contributed by atoms with Crippen molar-refractivity contribution in [1.82, 2.24) is 9.97 Å². The van der Waals surface area contributed by atoms with E-state index < -0.39 is 5.82 Å². The van der Waals surface area contributed by atoms with E-state index in [1.807, 2.05) is 13.8 Å². The number of aromatic nitrogens is 2. The van der Waals surface area contributed by atoms with Crippen molar-refractivity contribution >= 4 is 11.8 Å². The summed E-state index contributed by atoms with van der Waals surface area (Å²) in [5.41, 5.74) is 6.51. The Bertz CT molecular complexity index is 604. The van der Waals surface area contributed by atoms with E-state index in [4.69, 9.17) is 10.5 Å². The van der Waals surface area contributed by atoms with Gasteiger partial charge in [0.2, 0.25) is 11.8 Å². The number of benzene rings is 1. The lowest BCUT2D eigenvalue weighted by Gasteiger charge is -2.09. The Morgan fingerprint density at radius 1 is 1.30 bits per heavy atom. The quantitative estimate of drug-likeness (QED) is 0.877. The molecule has 0 radical (unpaired) electrons. The van der Waals surface area contributed by atoms with Crippen LogP contribution in [0.1, 0.15) is 18.9 Å². The molecule has 2 aromatic rings. The van der Waals surface area contributed by atoms with Crippen molar-refractivity contribution in [3.8, 4) is 11.6 Å². The van der Waals surface area contributed by atoms with Gasteiger partial charge in [-0.2, -0.15) is 9.97 Å². The minimum absolute atomic E-state index is 0.0779. The van der Waals surface area contributed by atoms with Gasteiger partial charge in [0.15, 0.2) is 11.6 Å². The summed E-state index contributed by atoms with van der Waals surface area (Å²) in [5.74, 6) is 0.512. The van der Waals surface area contributed by atoms with Crippen molar-refractivity contribution in [1.29, 1.82) is 0 Å². The molecule has 0 spiro atoms. The van der Waals surface area contributed by atoms with E-state index in [1.165, 1.54) is 6.07 Å². The number of hydrogen-bond donors (Lipinski definition) is 2. The highest BCUT2D eigenvalue weighted by Crippen LogP contribution is 2.25. The van der Waals surface area contributed by atoms with Crippen LogP contribution in [0.4, 0.5) is 16.2 Å². The molecule has 1 aromatic carbocycles. The number of halogens is 1. The van der Waals surface area contributed by atoms with E-state index in [1.54, 1.807) is 18.2 Å². The van der Waals surface area contributed by atoms with Crippen molar-refractivity contribution < 1.29 is 9.13 Å². The van der Waals surface area contributed by atoms with Crippen LogP contribution in [0.25, 0.3) is 0 Å². The first-order chi connectivity index (χ1) is 9.58. The van der Waals surface area contributed by atoms with Gasteiger partial charge in [-0.25, -0.2) is 4.39 Å². The second-order valence-electron chi connectivity index (χ2n) is 4.41. The Morgan fingerprint density at radius 3 is 2.85 bits per heavy atom. The number of nitrogens with zero attached hydrogens (tertiary/aromatic N) is 2. The lowest BCUT2D eigenvalue weighted by molar-refractivity contribution is 0.427. The zero-order valence-corrected chi connectivity index (χ0v) is 11.5. The molecule has 0 fully saturated rings. The minimum Gasteiger partial charge on any atom is -0.436 e. The highest BCUT2D eigenvalue weighted by Gasteiger charge is 2.08. The van der Waals surface area contributed by atoms with Gasteiger partial charge in [0, 0.05) is 12.6 Å². The topological polar surface area (TPSA) is 73.1 Å². The van der Waals surface area contributed by atoms with Crippen LogP contribution in [0.15, 0.2) is 24.3 Å². The summed E-state index contributed by atoms with van der Waals surface area (Å²) < 4.78 is 19.1. The Hall–Kier alpha value is -2.37. The van der Waals surface area contributed by atoms with Gasteiger partial charge in [-0.15, -0.1) is 0 Å². The van der Waals surface area contributed by atoms with Gasteiger partial charge >= 0.3 is 0 Å². The van der Waals surface area contributed by atoms with E-state index in [2.05, 4.69) is 15.3 Å². The summed E-state index contributed by atoms with van der Waals surface area (Å²) in [7, 11) is 0. The Labute approximate surface area is 117 Å². The highest BCUT2D eigenvalue weighted by atomic mass is 19.1. The fourth-order valence-electron chi connectivity index (χ4n) is 1.64. The van der Waals surface area contributed by atoms with Crippen molar-refractivity contribution in [3.63, 3.8) is 0 Å². The summed E-state index contributed by atoms with van der Waals surface area (Å²) in [6.07, 6.45) is 0.951. The van der Waals surface area contributed by atoms with Crippen LogP contribution in [-0.4, -0.2) is 16.5 Å². The Kier molecular flexibility index (Phi) is 4.34. The predicted octanol–water partition coefficient (Wildman–Crippen LogP) is 3.12. The third-order valence-electron chi connectivity index (χ3n) is 2.58. The number of nitrogens with one attached hydrogen (secondary N) is 1. The molecule has 0 unspecified atom stereocenters. The summed E-state index contributed by atoms with van der Waals surface area (Å²) in [4.78, 5) is 7.98. The lowest BCUT2D eigenvalue weighted by Crippen LogP contribution is -2.06. The highest BCUT2D eigenvalue weighted by molar-refractivity contribution is 5.44. The molecule has 1 aromatic heterocycles. The minimum atomic E-state index is -0.448. The molecular weight excluding hydrogens is 259 g/mol. The third-order valence-corrected chi connectivity index (χ3v) is 2.58. The summed E-state index contributed by atoms with van der Waals surface area (Å²) in [6, 6.07) is 6.22. The molecule has 0 aliphatic rings. The smallest absolute Gasteiger partial charge is 0.226 e. The van der Waals surface area contributed by atoms with Crippen molar-refractivity contribution in [3.05, 3.63) is 35.6 Å². The zero-order valence-electron chi connectivity index (χ0n) is 11.5. The molecule has 0 saturated heterocycles. The molecule has 0 amide bonds. The van der Waals surface area contributed by atoms with Gasteiger partial charge in [0.1, 0.15) is 5.82 Å². The van der Waals surface area contributed by atoms with Gasteiger partial charge in [-0.05, 0) is 31.0 Å². The molecule has 0 bridgehead atoms. The van der Waals surface area contributed by atoms with Gasteiger partial charge in [0.25, 0.3) is 0 Å². The monoisotopic (exact) mass is 276 g/mol. The molecule has 20 heavy (non-hydrogen) atoms. The van der Waals surface area contributed by atoms with Gasteiger partial charge in [0.05, 0.1) is 0 Å². The molecule has 0 atom stereocenters. The van der Waals surface area contributed by atoms with Crippen molar-refractivity contribution in [2.75, 3.05) is 17.6 Å². The third kappa shape index (κ3) is 3.57. The van der Waals surface area contributed by atoms with Crippen molar-refractivity contribution in [2.24, 2.45) is 0 Å². The number of ether oxygens (including phenoxy) is 1. The Morgan fingerprint density at radius 2 is 2.10 bits per heavy atom. The molecular formula is C14H17FN4O. The molecule has 0 saturated carbocycles. The summed E-state index contributed by atoms with van der Waals surface area (Å²) in [5, 5.41) is 3.08. The average molecular weight is 276 g/mol. The van der Waals surface area contributed by atoms with Crippen LogP contribution in [-0.2, 0) is 0 Å². The molecule has 5 nitrogen and oxygen atoms in total. The summed E-state index contributed by atoms with van der Waals surface area (Å²) >= 11 is 0. The van der Waals surface area contributed by atoms with E-state index in [-0.39, 0.29) is 17.6 Å². The normalized spacial score (nSPS) is 10.3.